The number of nitrogens with zero attached hydrogens (tertiary/aromatic N) is 1. The summed E-state index contributed by atoms with van der Waals surface area (Å²) in [5.74, 6) is -4.70. The summed E-state index contributed by atoms with van der Waals surface area (Å²) < 4.78 is 37.5. The average Bonchev–Trinajstić information content (AvgIpc) is 2.15. The maximum Gasteiger partial charge on any atom is 0.393 e. The van der Waals surface area contributed by atoms with Crippen LogP contribution in [0.25, 0.3) is 0 Å². The monoisotopic (exact) mass is 239 g/mol. The van der Waals surface area contributed by atoms with Gasteiger partial charge in [-0.05, 0) is 6.42 Å². The zero-order valence-corrected chi connectivity index (χ0v) is 8.62. The molecule has 1 heterocycles. The number of hydrogen-bond acceptors (Lipinski definition) is 2. The van der Waals surface area contributed by atoms with Crippen molar-refractivity contribution in [3.63, 3.8) is 0 Å². The van der Waals surface area contributed by atoms with Crippen LogP contribution < -0.4 is 0 Å². The Hall–Kier alpha value is -1.27. The number of rotatable bonds is 1. The standard InChI is InChI=1S/C9H12F3NO3/c1-5(14)13-3-6(8(15)16)2-7(4-13)9(10,11)12/h6-7H,2-4H2,1H3,(H,15,16)/t6-,7+/m1/s1. The van der Waals surface area contributed by atoms with Crippen molar-refractivity contribution in [1.82, 2.24) is 4.90 Å². The van der Waals surface area contributed by atoms with Crippen molar-refractivity contribution in [3.8, 4) is 0 Å². The molecule has 1 amide bonds. The van der Waals surface area contributed by atoms with E-state index in [-0.39, 0.29) is 6.54 Å². The van der Waals surface area contributed by atoms with Crippen LogP contribution in [-0.4, -0.2) is 41.1 Å². The minimum absolute atomic E-state index is 0.142. The van der Waals surface area contributed by atoms with Crippen molar-refractivity contribution < 1.29 is 27.9 Å². The van der Waals surface area contributed by atoms with E-state index in [0.717, 1.165) is 11.8 Å². The summed E-state index contributed by atoms with van der Waals surface area (Å²) in [7, 11) is 0. The van der Waals surface area contributed by atoms with Gasteiger partial charge in [0.05, 0.1) is 11.8 Å². The largest absolute Gasteiger partial charge is 0.481 e. The molecule has 0 spiro atoms. The topological polar surface area (TPSA) is 57.6 Å². The Kier molecular flexibility index (Phi) is 3.44. The second-order valence-electron chi connectivity index (χ2n) is 3.93. The van der Waals surface area contributed by atoms with Crippen LogP contribution in [0.3, 0.4) is 0 Å². The van der Waals surface area contributed by atoms with Crippen LogP contribution in [0.2, 0.25) is 0 Å². The van der Waals surface area contributed by atoms with Gasteiger partial charge >= 0.3 is 12.1 Å². The minimum atomic E-state index is -4.46. The molecule has 4 nitrogen and oxygen atoms in total. The molecule has 0 aromatic carbocycles. The molecule has 1 N–H and O–H groups in total. The highest BCUT2D eigenvalue weighted by atomic mass is 19.4. The quantitative estimate of drug-likeness (QED) is 0.745. The van der Waals surface area contributed by atoms with Gasteiger partial charge in [-0.15, -0.1) is 0 Å². The van der Waals surface area contributed by atoms with E-state index in [9.17, 15) is 22.8 Å². The molecule has 92 valence electrons. The van der Waals surface area contributed by atoms with Gasteiger partial charge in [-0.3, -0.25) is 9.59 Å². The van der Waals surface area contributed by atoms with E-state index in [4.69, 9.17) is 5.11 Å². The van der Waals surface area contributed by atoms with Crippen LogP contribution in [-0.2, 0) is 9.59 Å². The third-order valence-electron chi connectivity index (χ3n) is 2.71. The Morgan fingerprint density at radius 2 is 1.88 bits per heavy atom. The van der Waals surface area contributed by atoms with Gasteiger partial charge in [0.15, 0.2) is 0 Å². The molecule has 1 aliphatic heterocycles. The Morgan fingerprint density at radius 3 is 2.25 bits per heavy atom. The molecule has 2 atom stereocenters. The van der Waals surface area contributed by atoms with E-state index >= 15 is 0 Å². The third-order valence-corrected chi connectivity index (χ3v) is 2.71. The second kappa shape index (κ2) is 4.31. The smallest absolute Gasteiger partial charge is 0.393 e. The number of aliphatic carboxylic acids is 1. The van der Waals surface area contributed by atoms with Gasteiger partial charge < -0.3 is 10.0 Å². The lowest BCUT2D eigenvalue weighted by molar-refractivity contribution is -0.194. The van der Waals surface area contributed by atoms with Gasteiger partial charge in [0.1, 0.15) is 0 Å². The first-order valence-corrected chi connectivity index (χ1v) is 4.77. The molecular weight excluding hydrogens is 227 g/mol. The summed E-state index contributed by atoms with van der Waals surface area (Å²) in [5, 5.41) is 8.72. The van der Waals surface area contributed by atoms with Crippen molar-refractivity contribution in [2.75, 3.05) is 13.1 Å². The molecule has 0 radical (unpaired) electrons. The fourth-order valence-electron chi connectivity index (χ4n) is 1.77. The SMILES string of the molecule is CC(=O)N1C[C@H](C(=O)O)C[C@H](C(F)(F)F)C1. The predicted octanol–water partition coefficient (Wildman–Crippen LogP) is 1.12. The zero-order chi connectivity index (χ0) is 12.5. The van der Waals surface area contributed by atoms with Gasteiger partial charge in [-0.2, -0.15) is 13.2 Å². The molecule has 0 aromatic heterocycles. The molecule has 7 heteroatoms. The van der Waals surface area contributed by atoms with Gasteiger partial charge in [-0.25, -0.2) is 0 Å². The Labute approximate surface area is 90.0 Å². The fraction of sp³-hybridized carbons (Fsp3) is 0.778. The molecule has 0 unspecified atom stereocenters. The summed E-state index contributed by atoms with van der Waals surface area (Å²) in [6.45, 7) is 0.553. The predicted molar refractivity (Wildman–Crippen MR) is 47.5 cm³/mol. The number of alkyl halides is 3. The highest BCUT2D eigenvalue weighted by Gasteiger charge is 2.46. The zero-order valence-electron chi connectivity index (χ0n) is 8.62. The van der Waals surface area contributed by atoms with E-state index in [1.54, 1.807) is 0 Å². The maximum absolute atomic E-state index is 12.5. The fourth-order valence-corrected chi connectivity index (χ4v) is 1.77. The number of carbonyl (C=O) groups is 2. The lowest BCUT2D eigenvalue weighted by atomic mass is 9.88. The van der Waals surface area contributed by atoms with E-state index in [0.29, 0.717) is 0 Å². The van der Waals surface area contributed by atoms with Gasteiger partial charge in [-0.1, -0.05) is 0 Å². The van der Waals surface area contributed by atoms with E-state index in [1.807, 2.05) is 0 Å². The van der Waals surface area contributed by atoms with Crippen LogP contribution in [0, 0.1) is 11.8 Å². The Bertz CT molecular complexity index is 281. The summed E-state index contributed by atoms with van der Waals surface area (Å²) in [5.41, 5.74) is 0. The third kappa shape index (κ3) is 2.86. The first-order chi connectivity index (χ1) is 7.21. The van der Waals surface area contributed by atoms with E-state index in [1.165, 1.54) is 0 Å². The molecular formula is C9H12F3NO3. The molecule has 0 aliphatic carbocycles. The van der Waals surface area contributed by atoms with Crippen molar-refractivity contribution in [3.05, 3.63) is 0 Å². The number of hydrogen-bond donors (Lipinski definition) is 1. The first kappa shape index (κ1) is 12.8. The molecule has 0 aromatic rings. The normalized spacial score (nSPS) is 26.6. The van der Waals surface area contributed by atoms with Crippen LogP contribution in [0.4, 0.5) is 13.2 Å². The first-order valence-electron chi connectivity index (χ1n) is 4.77. The summed E-state index contributed by atoms with van der Waals surface area (Å²) >= 11 is 0. The number of carboxylic acids is 1. The highest BCUT2D eigenvalue weighted by Crippen LogP contribution is 2.35. The summed E-state index contributed by atoms with van der Waals surface area (Å²) in [6.07, 6.45) is -4.91. The molecule has 1 aliphatic rings. The van der Waals surface area contributed by atoms with Crippen LogP contribution in [0.15, 0.2) is 0 Å². The van der Waals surface area contributed by atoms with Gasteiger partial charge in [0.2, 0.25) is 5.91 Å². The van der Waals surface area contributed by atoms with Crippen molar-refractivity contribution in [2.24, 2.45) is 11.8 Å². The van der Waals surface area contributed by atoms with E-state index < -0.39 is 42.9 Å². The van der Waals surface area contributed by atoms with Gasteiger partial charge in [0.25, 0.3) is 0 Å². The lowest BCUT2D eigenvalue weighted by Gasteiger charge is -2.36. The van der Waals surface area contributed by atoms with E-state index in [2.05, 4.69) is 0 Å². The number of halogens is 3. The van der Waals surface area contributed by atoms with Crippen molar-refractivity contribution >= 4 is 11.9 Å². The molecule has 0 saturated carbocycles. The van der Waals surface area contributed by atoms with Crippen molar-refractivity contribution in [1.29, 1.82) is 0 Å². The van der Waals surface area contributed by atoms with Crippen molar-refractivity contribution in [2.45, 2.75) is 19.5 Å². The minimum Gasteiger partial charge on any atom is -0.481 e. The summed E-state index contributed by atoms with van der Waals surface area (Å²) in [4.78, 5) is 22.6. The number of likely N-dealkylation sites (tertiary alicyclic amines) is 1. The number of piperidine rings is 1. The number of carbonyl (C=O) groups excluding carboxylic acids is 1. The van der Waals surface area contributed by atoms with Crippen LogP contribution in [0.5, 0.6) is 0 Å². The molecule has 0 bridgehead atoms. The second-order valence-corrected chi connectivity index (χ2v) is 3.93. The average molecular weight is 239 g/mol. The number of carboxylic acid groups (broad SMARTS) is 1. The lowest BCUT2D eigenvalue weighted by Crippen LogP contribution is -2.49. The molecule has 1 saturated heterocycles. The maximum atomic E-state index is 12.5. The Morgan fingerprint density at radius 1 is 1.31 bits per heavy atom. The molecule has 1 fully saturated rings. The Balaban J connectivity index is 2.82. The highest BCUT2D eigenvalue weighted by molar-refractivity contribution is 5.76. The number of amides is 1. The van der Waals surface area contributed by atoms with Gasteiger partial charge in [0, 0.05) is 20.0 Å². The molecule has 1 rings (SSSR count). The summed E-state index contributed by atoms with van der Waals surface area (Å²) in [6, 6.07) is 0. The van der Waals surface area contributed by atoms with Crippen LogP contribution in [0.1, 0.15) is 13.3 Å². The molecule has 16 heavy (non-hydrogen) atoms. The van der Waals surface area contributed by atoms with Crippen LogP contribution >= 0.6 is 0 Å².